The van der Waals surface area contributed by atoms with Gasteiger partial charge < -0.3 is 10.6 Å². The lowest BCUT2D eigenvalue weighted by molar-refractivity contribution is 0.234. The lowest BCUT2D eigenvalue weighted by Crippen LogP contribution is -2.53. The number of hydrogen-bond acceptors (Lipinski definition) is 3. The van der Waals surface area contributed by atoms with E-state index >= 15 is 0 Å². The highest BCUT2D eigenvalue weighted by atomic mass is 32.2. The van der Waals surface area contributed by atoms with Crippen molar-refractivity contribution in [1.29, 1.82) is 0 Å². The molecule has 0 radical (unpaired) electrons. The van der Waals surface area contributed by atoms with Crippen molar-refractivity contribution >= 4 is 16.0 Å². The molecule has 24 heavy (non-hydrogen) atoms. The smallest absolute Gasteiger partial charge is 0.209 e. The van der Waals surface area contributed by atoms with Crippen molar-refractivity contribution in [3.8, 4) is 0 Å². The number of aliphatic imine (C=N–C) groups is 1. The maximum Gasteiger partial charge on any atom is 0.209 e. The minimum atomic E-state index is -3.24. The van der Waals surface area contributed by atoms with E-state index in [-0.39, 0.29) is 0 Å². The predicted octanol–water partition coefficient (Wildman–Crippen LogP) is 2.09. The van der Waals surface area contributed by atoms with Gasteiger partial charge in [0.25, 0.3) is 0 Å². The Kier molecular flexibility index (Phi) is 7.53. The normalized spacial score (nSPS) is 18.9. The number of rotatable bonds is 8. The van der Waals surface area contributed by atoms with Crippen LogP contribution in [0.5, 0.6) is 0 Å². The molecule has 1 rings (SSSR count). The first kappa shape index (κ1) is 21.2. The van der Waals surface area contributed by atoms with E-state index in [1.807, 2.05) is 13.8 Å². The van der Waals surface area contributed by atoms with Crippen molar-refractivity contribution in [2.75, 3.05) is 26.4 Å². The Labute approximate surface area is 148 Å². The van der Waals surface area contributed by atoms with Crippen molar-refractivity contribution in [3.63, 3.8) is 0 Å². The fourth-order valence-electron chi connectivity index (χ4n) is 3.78. The van der Waals surface area contributed by atoms with Gasteiger partial charge in [-0.05, 0) is 44.4 Å². The molecule has 0 aromatic carbocycles. The molecule has 6 nitrogen and oxygen atoms in total. The quantitative estimate of drug-likeness (QED) is 0.457. The number of sulfonamides is 1. The summed E-state index contributed by atoms with van der Waals surface area (Å²) in [5.41, 5.74) is -0.208. The molecule has 3 N–H and O–H groups in total. The first-order valence-corrected chi connectivity index (χ1v) is 10.8. The highest BCUT2D eigenvalue weighted by Crippen LogP contribution is 2.42. The second kappa shape index (κ2) is 8.52. The summed E-state index contributed by atoms with van der Waals surface area (Å²) in [6.45, 7) is 9.66. The van der Waals surface area contributed by atoms with Crippen LogP contribution in [0.3, 0.4) is 0 Å². The van der Waals surface area contributed by atoms with Crippen molar-refractivity contribution in [2.45, 2.75) is 65.3 Å². The summed E-state index contributed by atoms with van der Waals surface area (Å²) in [6.07, 6.45) is 7.58. The molecule has 0 unspecified atom stereocenters. The zero-order chi connectivity index (χ0) is 18.4. The molecule has 1 aliphatic carbocycles. The molecule has 142 valence electrons. The summed E-state index contributed by atoms with van der Waals surface area (Å²) < 4.78 is 25.5. The van der Waals surface area contributed by atoms with E-state index in [4.69, 9.17) is 0 Å². The van der Waals surface area contributed by atoms with Crippen molar-refractivity contribution in [3.05, 3.63) is 0 Å². The highest BCUT2D eigenvalue weighted by Gasteiger charge is 2.34. The predicted molar refractivity (Wildman–Crippen MR) is 102 cm³/mol. The fraction of sp³-hybridized carbons (Fsp3) is 0.941. The van der Waals surface area contributed by atoms with E-state index in [1.165, 1.54) is 38.4 Å². The standard InChI is InChI=1S/C17H36N4O2S/c1-14(2)11-17(9-7-8-10-17)13-20-15(18-5)19-12-16(3,4)21-24(6,22)23/h14,21H,7-13H2,1-6H3,(H2,18,19,20). The van der Waals surface area contributed by atoms with E-state index in [2.05, 4.69) is 34.2 Å². The molecule has 0 spiro atoms. The Balaban J connectivity index is 2.56. The van der Waals surface area contributed by atoms with E-state index in [0.29, 0.717) is 17.9 Å². The molecular weight excluding hydrogens is 324 g/mol. The lowest BCUT2D eigenvalue weighted by atomic mass is 9.78. The largest absolute Gasteiger partial charge is 0.356 e. The highest BCUT2D eigenvalue weighted by molar-refractivity contribution is 7.88. The molecule has 1 fully saturated rings. The third kappa shape index (κ3) is 7.83. The number of nitrogens with one attached hydrogen (secondary N) is 3. The minimum absolute atomic E-state index is 0.367. The molecule has 0 saturated heterocycles. The van der Waals surface area contributed by atoms with Crippen molar-refractivity contribution in [1.82, 2.24) is 15.4 Å². The molecule has 0 heterocycles. The summed E-state index contributed by atoms with van der Waals surface area (Å²) in [5.74, 6) is 1.42. The van der Waals surface area contributed by atoms with Gasteiger partial charge in [-0.3, -0.25) is 4.99 Å². The molecule has 0 bridgehead atoms. The van der Waals surface area contributed by atoms with E-state index in [1.54, 1.807) is 7.05 Å². The Morgan fingerprint density at radius 2 is 1.79 bits per heavy atom. The second-order valence-electron chi connectivity index (χ2n) is 8.34. The number of hydrogen-bond donors (Lipinski definition) is 3. The fourth-order valence-corrected chi connectivity index (χ4v) is 4.85. The van der Waals surface area contributed by atoms with Gasteiger partial charge in [0.15, 0.2) is 5.96 Å². The summed E-state index contributed by atoms with van der Waals surface area (Å²) >= 11 is 0. The van der Waals surface area contributed by atoms with Gasteiger partial charge in [-0.1, -0.05) is 26.7 Å². The molecule has 1 aliphatic rings. The van der Waals surface area contributed by atoms with Crippen LogP contribution in [-0.4, -0.2) is 46.3 Å². The molecule has 7 heteroatoms. The SMILES string of the molecule is CN=C(NCC1(CC(C)C)CCCC1)NCC(C)(C)NS(C)(=O)=O. The van der Waals surface area contributed by atoms with Crippen LogP contribution in [0, 0.1) is 11.3 Å². The summed E-state index contributed by atoms with van der Waals surface area (Å²) in [5, 5.41) is 6.69. The lowest BCUT2D eigenvalue weighted by Gasteiger charge is -2.32. The van der Waals surface area contributed by atoms with Crippen molar-refractivity contribution in [2.24, 2.45) is 16.3 Å². The second-order valence-corrected chi connectivity index (χ2v) is 10.1. The Morgan fingerprint density at radius 1 is 1.21 bits per heavy atom. The zero-order valence-corrected chi connectivity index (χ0v) is 17.0. The molecule has 0 aromatic rings. The van der Waals surface area contributed by atoms with Gasteiger partial charge >= 0.3 is 0 Å². The maximum absolute atomic E-state index is 11.4. The molecule has 0 amide bonds. The number of nitrogens with zero attached hydrogens (tertiary/aromatic N) is 1. The average Bonchev–Trinajstić information content (AvgIpc) is 2.84. The number of guanidine groups is 1. The van der Waals surface area contributed by atoms with Crippen LogP contribution < -0.4 is 15.4 Å². The van der Waals surface area contributed by atoms with Crippen LogP contribution in [0.4, 0.5) is 0 Å². The average molecular weight is 361 g/mol. The summed E-state index contributed by atoms with van der Waals surface area (Å²) in [7, 11) is -1.49. The Bertz CT molecular complexity index is 521. The van der Waals surface area contributed by atoms with Crippen LogP contribution in [0.2, 0.25) is 0 Å². The van der Waals surface area contributed by atoms with Gasteiger partial charge in [0.2, 0.25) is 10.0 Å². The van der Waals surface area contributed by atoms with Gasteiger partial charge in [0.05, 0.1) is 6.26 Å². The van der Waals surface area contributed by atoms with Gasteiger partial charge in [-0.15, -0.1) is 0 Å². The monoisotopic (exact) mass is 360 g/mol. The van der Waals surface area contributed by atoms with Gasteiger partial charge in [-0.25, -0.2) is 13.1 Å². The van der Waals surface area contributed by atoms with E-state index in [9.17, 15) is 8.42 Å². The molecule has 0 aliphatic heterocycles. The zero-order valence-electron chi connectivity index (χ0n) is 16.2. The molecule has 0 atom stereocenters. The first-order chi connectivity index (χ1) is 11.0. The minimum Gasteiger partial charge on any atom is -0.356 e. The third-order valence-electron chi connectivity index (χ3n) is 4.52. The summed E-state index contributed by atoms with van der Waals surface area (Å²) in [6, 6.07) is 0. The van der Waals surface area contributed by atoms with Gasteiger partial charge in [-0.2, -0.15) is 0 Å². The Hall–Kier alpha value is -0.820. The van der Waals surface area contributed by atoms with E-state index < -0.39 is 15.6 Å². The van der Waals surface area contributed by atoms with Gasteiger partial charge in [0.1, 0.15) is 0 Å². The van der Waals surface area contributed by atoms with Crippen LogP contribution in [-0.2, 0) is 10.0 Å². The first-order valence-electron chi connectivity index (χ1n) is 8.90. The Morgan fingerprint density at radius 3 is 2.25 bits per heavy atom. The third-order valence-corrected chi connectivity index (χ3v) is 5.44. The topological polar surface area (TPSA) is 82.6 Å². The van der Waals surface area contributed by atoms with Crippen LogP contribution in [0.1, 0.15) is 59.8 Å². The van der Waals surface area contributed by atoms with Crippen molar-refractivity contribution < 1.29 is 8.42 Å². The van der Waals surface area contributed by atoms with Crippen LogP contribution in [0.15, 0.2) is 4.99 Å². The van der Waals surface area contributed by atoms with Crippen LogP contribution >= 0.6 is 0 Å². The van der Waals surface area contributed by atoms with E-state index in [0.717, 1.165) is 12.5 Å². The van der Waals surface area contributed by atoms with Crippen LogP contribution in [0.25, 0.3) is 0 Å². The van der Waals surface area contributed by atoms with Gasteiger partial charge in [0, 0.05) is 25.7 Å². The molecular formula is C17H36N4O2S. The molecule has 0 aromatic heterocycles. The maximum atomic E-state index is 11.4. The molecule has 1 saturated carbocycles. The summed E-state index contributed by atoms with van der Waals surface area (Å²) in [4.78, 5) is 4.28.